The molecule has 212 valence electrons. The molecule has 0 fully saturated rings. The van der Waals surface area contributed by atoms with Crippen LogP contribution in [0.2, 0.25) is 29.9 Å². The number of hydrogen-bond acceptors (Lipinski definition) is 3. The van der Waals surface area contributed by atoms with Gasteiger partial charge >= 0.3 is 196 Å². The van der Waals surface area contributed by atoms with Crippen molar-refractivity contribution in [2.75, 3.05) is 0 Å². The topological polar surface area (TPSA) is 22.1 Å². The summed E-state index contributed by atoms with van der Waals surface area (Å²) < 4.78 is 13.2. The van der Waals surface area contributed by atoms with Gasteiger partial charge in [0.1, 0.15) is 0 Å². The van der Waals surface area contributed by atoms with Crippen molar-refractivity contribution in [3.63, 3.8) is 0 Å². The van der Waals surface area contributed by atoms with Crippen molar-refractivity contribution in [1.82, 2.24) is 4.98 Å². The van der Waals surface area contributed by atoms with Crippen LogP contribution in [0.3, 0.4) is 0 Å². The maximum absolute atomic E-state index is 6.96. The van der Waals surface area contributed by atoms with Crippen LogP contribution in [0.1, 0.15) is 138 Å². The molecule has 0 radical (unpaired) electrons. The number of hydrogen-bond donors (Lipinski definition) is 0. The van der Waals surface area contributed by atoms with Crippen LogP contribution >= 0.6 is 11.3 Å². The molecule has 36 heavy (non-hydrogen) atoms. The summed E-state index contributed by atoms with van der Waals surface area (Å²) in [5.41, 5.74) is 2.01. The molecule has 1 rings (SSSR count). The summed E-state index contributed by atoms with van der Waals surface area (Å²) in [5.74, 6) is 0. The van der Waals surface area contributed by atoms with Crippen molar-refractivity contribution < 1.29 is 4.43 Å². The summed E-state index contributed by atoms with van der Waals surface area (Å²) in [6.07, 6.45) is 14.9. The van der Waals surface area contributed by atoms with Crippen molar-refractivity contribution in [3.05, 3.63) is 10.4 Å². The predicted molar refractivity (Wildman–Crippen MR) is 170 cm³/mol. The van der Waals surface area contributed by atoms with E-state index in [9.17, 15) is 0 Å². The summed E-state index contributed by atoms with van der Waals surface area (Å²) in [7, 11) is -1.76. The average molecular weight is 645 g/mol. The monoisotopic (exact) mass is 645 g/mol. The Hall–Kier alpha value is 0.606. The van der Waals surface area contributed by atoms with E-state index < -0.39 is 26.7 Å². The molecule has 0 amide bonds. The van der Waals surface area contributed by atoms with Crippen LogP contribution in [-0.2, 0) is 10.8 Å². The van der Waals surface area contributed by atoms with E-state index in [1.165, 1.54) is 88.9 Å². The molecule has 1 atom stereocenters. The molecule has 0 N–H and O–H groups in total. The molecule has 1 aromatic heterocycles. The molecule has 5 heteroatoms. The van der Waals surface area contributed by atoms with Gasteiger partial charge in [-0.3, -0.25) is 0 Å². The summed E-state index contributed by atoms with van der Waals surface area (Å²) in [6.45, 7) is 23.8. The zero-order valence-corrected chi connectivity index (χ0v) is 30.7. The van der Waals surface area contributed by atoms with Gasteiger partial charge in [0, 0.05) is 0 Å². The zero-order valence-electron chi connectivity index (χ0n) is 26.0. The van der Waals surface area contributed by atoms with Gasteiger partial charge in [-0.2, -0.15) is 0 Å². The van der Waals surface area contributed by atoms with Crippen LogP contribution in [0.4, 0.5) is 0 Å². The molecule has 0 aliphatic rings. The van der Waals surface area contributed by atoms with E-state index in [0.29, 0.717) is 22.7 Å². The van der Waals surface area contributed by atoms with E-state index in [2.05, 4.69) is 74.6 Å². The van der Waals surface area contributed by atoms with Gasteiger partial charge in [-0.1, -0.05) is 41.5 Å². The molecule has 1 aromatic rings. The molecule has 0 aliphatic carbocycles. The normalized spacial score (nSPS) is 13.9. The maximum atomic E-state index is 6.96. The first-order chi connectivity index (χ1) is 17.1. The molecule has 2 nitrogen and oxygen atoms in total. The van der Waals surface area contributed by atoms with E-state index in [1.807, 2.05) is 11.3 Å². The second-order valence-corrected chi connectivity index (χ2v) is 32.0. The van der Waals surface area contributed by atoms with E-state index in [0.717, 1.165) is 0 Å². The summed E-state index contributed by atoms with van der Waals surface area (Å²) >= 11 is -0.373. The third-order valence-electron chi connectivity index (χ3n) is 8.74. The van der Waals surface area contributed by atoms with E-state index in [1.54, 1.807) is 3.71 Å². The predicted octanol–water partition coefficient (Wildman–Crippen LogP) is 10.9. The van der Waals surface area contributed by atoms with Gasteiger partial charge in [0.25, 0.3) is 0 Å². The minimum absolute atomic E-state index is 0.390. The number of nitrogens with zero attached hydrogens (tertiary/aromatic N) is 1. The van der Waals surface area contributed by atoms with Crippen molar-refractivity contribution in [3.8, 4) is 0 Å². The van der Waals surface area contributed by atoms with Crippen LogP contribution in [0, 0.1) is 0 Å². The second-order valence-electron chi connectivity index (χ2n) is 12.6. The Morgan fingerprint density at radius 2 is 1.25 bits per heavy atom. The standard InChI is InChI=1S/C19H36NOSSi.3C4H9.Sn/c1-15(2)23(16(3)4,17(5)6)21-18(7)11-9-8-10-12-19-20-13-14-22-19;3*1-3-4-2;/h14-18H,8-12H2,1-7H3;3*1,3-4H2,2H3;/t18-;;;;/m0..../s1. The molecule has 0 saturated heterocycles. The van der Waals surface area contributed by atoms with Gasteiger partial charge in [0.15, 0.2) is 0 Å². The van der Waals surface area contributed by atoms with Crippen LogP contribution in [-0.4, -0.2) is 37.8 Å². The van der Waals surface area contributed by atoms with Gasteiger partial charge in [-0.05, 0) is 0 Å². The molecule has 1 heterocycles. The Balaban J connectivity index is 2.66. The van der Waals surface area contributed by atoms with E-state index in [-0.39, 0.29) is 0 Å². The average Bonchev–Trinajstić information content (AvgIpc) is 3.31. The van der Waals surface area contributed by atoms with Crippen molar-refractivity contribution in [2.24, 2.45) is 0 Å². The first-order valence-electron chi connectivity index (χ1n) is 15.7. The fraction of sp³-hybridized carbons (Fsp3) is 0.903. The molecule has 0 aromatic carbocycles. The second kappa shape index (κ2) is 18.0. The summed E-state index contributed by atoms with van der Waals surface area (Å²) in [4.78, 5) is 5.37. The molecule has 0 spiro atoms. The quantitative estimate of drug-likeness (QED) is 0.0981. The van der Waals surface area contributed by atoms with Gasteiger partial charge in [-0.15, -0.1) is 0 Å². The first-order valence-corrected chi connectivity index (χ1v) is 26.2. The van der Waals surface area contributed by atoms with Crippen molar-refractivity contribution in [2.45, 2.75) is 176 Å². The fourth-order valence-electron chi connectivity index (χ4n) is 6.67. The Kier molecular flexibility index (Phi) is 17.4. The number of aromatic nitrogens is 1. The van der Waals surface area contributed by atoms with E-state index in [4.69, 9.17) is 9.41 Å². The zero-order chi connectivity index (χ0) is 27.2. The van der Waals surface area contributed by atoms with Crippen molar-refractivity contribution in [1.29, 1.82) is 0 Å². The Morgan fingerprint density at radius 1 is 0.750 bits per heavy atom. The SMILES string of the molecule is CCC[CH2][Sn]([CH2]CCC)([CH2]CCC)[c]1csc(CCCCC[C@H](C)O[Si](C(C)C)(C(C)C)C(C)C)n1. The van der Waals surface area contributed by atoms with Gasteiger partial charge in [-0.25, -0.2) is 0 Å². The molecule has 0 unspecified atom stereocenters. The minimum atomic E-state index is -2.35. The third kappa shape index (κ3) is 10.3. The third-order valence-corrected chi connectivity index (χ3v) is 31.5. The van der Waals surface area contributed by atoms with Crippen LogP contribution in [0.25, 0.3) is 0 Å². The summed E-state index contributed by atoms with van der Waals surface area (Å²) in [6, 6.07) is 0. The van der Waals surface area contributed by atoms with Crippen LogP contribution in [0.15, 0.2) is 5.38 Å². The molecule has 0 saturated carbocycles. The number of aryl methyl sites for hydroxylation is 1. The number of unbranched alkanes of at least 4 members (excludes halogenated alkanes) is 5. The van der Waals surface area contributed by atoms with Gasteiger partial charge in [0.05, 0.1) is 0 Å². The van der Waals surface area contributed by atoms with Crippen LogP contribution < -0.4 is 3.71 Å². The summed E-state index contributed by atoms with van der Waals surface area (Å²) in [5, 5.41) is 3.95. The number of thiazole rings is 1. The Bertz CT molecular complexity index is 646. The first kappa shape index (κ1) is 34.6. The molecule has 0 bridgehead atoms. The van der Waals surface area contributed by atoms with Crippen LogP contribution in [0.5, 0.6) is 0 Å². The molecule has 0 aliphatic heterocycles. The van der Waals surface area contributed by atoms with Crippen molar-refractivity contribution >= 4 is 41.7 Å². The fourth-order valence-corrected chi connectivity index (χ4v) is 30.4. The Morgan fingerprint density at radius 3 is 1.69 bits per heavy atom. The Labute approximate surface area is 236 Å². The van der Waals surface area contributed by atoms with Gasteiger partial charge < -0.3 is 0 Å². The van der Waals surface area contributed by atoms with E-state index >= 15 is 0 Å². The molecular weight excluding hydrogens is 581 g/mol. The van der Waals surface area contributed by atoms with Gasteiger partial charge in [0.2, 0.25) is 0 Å². The number of rotatable bonds is 21. The molecular formula is C31H63NOSSiSn.